The first-order chi connectivity index (χ1) is 30.7. The lowest BCUT2D eigenvalue weighted by molar-refractivity contribution is -0.135. The Hall–Kier alpha value is -7.05. The third-order valence-corrected chi connectivity index (χ3v) is 10.8. The average Bonchev–Trinajstić information content (AvgIpc) is 3.93. The number of carbonyl (C=O) groups is 7. The second-order valence-corrected chi connectivity index (χ2v) is 16.1. The predicted octanol–water partition coefficient (Wildman–Crippen LogP) is 0.394. The van der Waals surface area contributed by atoms with Gasteiger partial charge in [-0.1, -0.05) is 54.6 Å². The van der Waals surface area contributed by atoms with Crippen LogP contribution in [0.1, 0.15) is 76.3 Å². The molecule has 0 bridgehead atoms. The Balaban J connectivity index is 1.50. The number of rotatable bonds is 11. The highest BCUT2D eigenvalue weighted by Crippen LogP contribution is 2.20. The van der Waals surface area contributed by atoms with E-state index in [1.165, 1.54) is 6.92 Å². The van der Waals surface area contributed by atoms with Crippen molar-refractivity contribution in [2.75, 3.05) is 13.1 Å². The summed E-state index contributed by atoms with van der Waals surface area (Å²) in [4.78, 5) is 108. The first-order valence-corrected chi connectivity index (χ1v) is 21.7. The topological polar surface area (TPSA) is 296 Å². The maximum Gasteiger partial charge on any atom is 0.243 e. The number of para-hydroxylation sites is 1. The average molecular weight is 881 g/mol. The molecule has 1 saturated heterocycles. The van der Waals surface area contributed by atoms with Gasteiger partial charge >= 0.3 is 0 Å². The third-order valence-electron chi connectivity index (χ3n) is 10.8. The van der Waals surface area contributed by atoms with E-state index in [9.17, 15) is 33.6 Å². The highest BCUT2D eigenvalue weighted by atomic mass is 16.2. The molecule has 64 heavy (non-hydrogen) atoms. The maximum absolute atomic E-state index is 14.5. The monoisotopic (exact) mass is 880 g/mol. The molecule has 19 heteroatoms. The van der Waals surface area contributed by atoms with Gasteiger partial charge in [-0.2, -0.15) is 0 Å². The van der Waals surface area contributed by atoms with Gasteiger partial charge < -0.3 is 53.7 Å². The van der Waals surface area contributed by atoms with Crippen molar-refractivity contribution in [1.82, 2.24) is 42.2 Å². The maximum atomic E-state index is 14.5. The Morgan fingerprint density at radius 2 is 1.42 bits per heavy atom. The minimum Gasteiger partial charge on any atom is -0.370 e. The molecule has 342 valence electrons. The lowest BCUT2D eigenvalue weighted by Crippen LogP contribution is -2.60. The van der Waals surface area contributed by atoms with Gasteiger partial charge in [0.1, 0.15) is 30.2 Å². The molecular formula is C45H60N12O7. The van der Waals surface area contributed by atoms with Gasteiger partial charge in [0.05, 0.1) is 0 Å². The molecule has 2 aliphatic heterocycles. The Labute approximate surface area is 371 Å². The van der Waals surface area contributed by atoms with Crippen molar-refractivity contribution in [2.24, 2.45) is 21.5 Å². The van der Waals surface area contributed by atoms with E-state index in [0.29, 0.717) is 30.5 Å². The first kappa shape index (κ1) is 48.0. The molecule has 7 amide bonds. The number of nitrogens with zero attached hydrogens (tertiary/aromatic N) is 2. The summed E-state index contributed by atoms with van der Waals surface area (Å²) in [5.41, 5.74) is 14.0. The predicted molar refractivity (Wildman–Crippen MR) is 242 cm³/mol. The number of aliphatic imine (C=N–C) groups is 2. The molecule has 0 radical (unpaired) electrons. The van der Waals surface area contributed by atoms with E-state index in [4.69, 9.17) is 11.5 Å². The molecule has 2 aliphatic rings. The molecule has 5 rings (SSSR count). The zero-order valence-electron chi connectivity index (χ0n) is 36.3. The number of nitrogens with two attached hydrogens (primary N) is 2. The second kappa shape index (κ2) is 24.0. The molecule has 0 aliphatic carbocycles. The zero-order chi connectivity index (χ0) is 46.0. The number of carbonyl (C=O) groups excluding carboxylic acids is 7. The Morgan fingerprint density at radius 1 is 0.781 bits per heavy atom. The zero-order valence-corrected chi connectivity index (χ0v) is 36.3. The molecule has 1 aromatic heterocycles. The van der Waals surface area contributed by atoms with Crippen LogP contribution in [0.5, 0.6) is 0 Å². The summed E-state index contributed by atoms with van der Waals surface area (Å²) in [5.74, 6) is -4.20. The molecule has 3 aromatic rings. The number of hydrogen-bond acceptors (Lipinski definition) is 9. The molecular weight excluding hydrogens is 821 g/mol. The van der Waals surface area contributed by atoms with Gasteiger partial charge in [0.15, 0.2) is 5.96 Å². The van der Waals surface area contributed by atoms with Crippen LogP contribution >= 0.6 is 0 Å². The smallest absolute Gasteiger partial charge is 0.243 e. The molecule has 1 fully saturated rings. The molecule has 6 atom stereocenters. The van der Waals surface area contributed by atoms with E-state index in [-0.39, 0.29) is 69.9 Å². The highest BCUT2D eigenvalue weighted by Gasteiger charge is 2.34. The fourth-order valence-electron chi connectivity index (χ4n) is 7.58. The van der Waals surface area contributed by atoms with Gasteiger partial charge in [-0.05, 0) is 56.2 Å². The van der Waals surface area contributed by atoms with Gasteiger partial charge in [-0.15, -0.1) is 0 Å². The number of aromatic nitrogens is 1. The van der Waals surface area contributed by atoms with Crippen LogP contribution in [0, 0.1) is 0 Å². The molecule has 0 saturated carbocycles. The van der Waals surface area contributed by atoms with Crippen molar-refractivity contribution in [1.29, 1.82) is 0 Å². The lowest BCUT2D eigenvalue weighted by atomic mass is 10.0. The Morgan fingerprint density at radius 3 is 2.12 bits per heavy atom. The van der Waals surface area contributed by atoms with E-state index < -0.39 is 71.7 Å². The summed E-state index contributed by atoms with van der Waals surface area (Å²) in [6.45, 7) is 3.35. The number of H-pyrrole nitrogens is 1. The molecule has 0 unspecified atom stereocenters. The number of guanidine groups is 1. The summed E-state index contributed by atoms with van der Waals surface area (Å²) >= 11 is 0. The van der Waals surface area contributed by atoms with E-state index in [1.54, 1.807) is 43.6 Å². The fourth-order valence-corrected chi connectivity index (χ4v) is 7.58. The van der Waals surface area contributed by atoms with Gasteiger partial charge in [0.2, 0.25) is 41.4 Å². The fraction of sp³-hybridized carbons (Fsp3) is 0.444. The quantitative estimate of drug-likeness (QED) is 0.0723. The van der Waals surface area contributed by atoms with Gasteiger partial charge in [0.25, 0.3) is 0 Å². The van der Waals surface area contributed by atoms with Crippen molar-refractivity contribution < 1.29 is 33.6 Å². The van der Waals surface area contributed by atoms with Crippen LogP contribution in [0.25, 0.3) is 10.9 Å². The number of hydrogen-bond donors (Lipinski definition) is 10. The van der Waals surface area contributed by atoms with Crippen LogP contribution in [0.2, 0.25) is 0 Å². The van der Waals surface area contributed by atoms with E-state index in [1.807, 2.05) is 36.4 Å². The molecule has 2 aromatic carbocycles. The molecule has 19 nitrogen and oxygen atoms in total. The van der Waals surface area contributed by atoms with Crippen LogP contribution in [-0.2, 0) is 46.4 Å². The first-order valence-electron chi connectivity index (χ1n) is 21.7. The van der Waals surface area contributed by atoms with Gasteiger partial charge in [-0.25, -0.2) is 0 Å². The minimum absolute atomic E-state index is 0.00697. The number of benzene rings is 2. The summed E-state index contributed by atoms with van der Waals surface area (Å²) in [7, 11) is 0. The van der Waals surface area contributed by atoms with Crippen molar-refractivity contribution in [2.45, 2.75) is 114 Å². The van der Waals surface area contributed by atoms with Crippen molar-refractivity contribution in [3.63, 3.8) is 0 Å². The summed E-state index contributed by atoms with van der Waals surface area (Å²) in [6.07, 6.45) is 7.16. The Bertz CT molecular complexity index is 2220. The second-order valence-electron chi connectivity index (χ2n) is 16.1. The van der Waals surface area contributed by atoms with E-state index in [0.717, 1.165) is 16.5 Å². The van der Waals surface area contributed by atoms with Crippen LogP contribution in [0.15, 0.2) is 82.6 Å². The van der Waals surface area contributed by atoms with Crippen LogP contribution in [0.4, 0.5) is 0 Å². The van der Waals surface area contributed by atoms with Gasteiger partial charge in [0, 0.05) is 87.2 Å². The number of aromatic amines is 1. The normalized spacial score (nSPS) is 23.4. The number of fused-ring (bicyclic) bond motifs is 1. The third kappa shape index (κ3) is 15.1. The molecule has 12 N–H and O–H groups in total. The minimum atomic E-state index is -1.26. The highest BCUT2D eigenvalue weighted by molar-refractivity contribution is 5.97. The molecule has 0 spiro atoms. The number of nitrogens with one attached hydrogen (secondary N) is 8. The Kier molecular flexibility index (Phi) is 18.0. The lowest BCUT2D eigenvalue weighted by Gasteiger charge is -2.27. The summed E-state index contributed by atoms with van der Waals surface area (Å²) in [6, 6.07) is 9.96. The van der Waals surface area contributed by atoms with Crippen LogP contribution < -0.4 is 48.7 Å². The number of amides is 7. The molecule has 3 heterocycles. The summed E-state index contributed by atoms with van der Waals surface area (Å²) < 4.78 is 0. The van der Waals surface area contributed by atoms with Crippen LogP contribution in [-0.4, -0.2) is 108 Å². The van der Waals surface area contributed by atoms with Crippen LogP contribution in [0.3, 0.4) is 0 Å². The van der Waals surface area contributed by atoms with Crippen molar-refractivity contribution in [3.05, 3.63) is 83.7 Å². The van der Waals surface area contributed by atoms with Crippen molar-refractivity contribution in [3.8, 4) is 0 Å². The van der Waals surface area contributed by atoms with E-state index >= 15 is 0 Å². The summed E-state index contributed by atoms with van der Waals surface area (Å²) in [5, 5.41) is 20.5. The van der Waals surface area contributed by atoms with Gasteiger partial charge in [-0.3, -0.25) is 43.5 Å². The standard InChI is InChI=1S/C45H60N12O7/c1-27-22-39(59)49-19-9-8-17-34(53-28(2)58)40(60)57-38(25-31-14-10-20-48-31)44(64)55-36(23-29-12-4-3-5-13-29)43(63)54-35(18-11-21-50-45(46)47)41(61)56-37(42(62)52-27)24-30-26-51-33-16-7-6-15-32(30)33/h3-7,12-16,20,26-27,34-38,51H,8-11,17-19,21-25H2,1-2H3,(H,49,59)(H,52,62)(H,53,58)(H,54,63)(H,55,64)(H,56,61)(H,57,60)(H4,46,47,50)/t27-,34+,35+,36-,37+,38+/m1/s1. The SMILES string of the molecule is CC(=O)N[C@H]1CCCCNC(=O)C[C@@H](C)NC(=O)[C@H](Cc2c[nH]c3ccccc23)NC(=O)[C@H](CCCN=C(N)N)NC(=O)[C@@H](Cc2ccccc2)NC(=O)[C@H](CC2=CCC=N2)NC1=O. The largest absolute Gasteiger partial charge is 0.370 e. The van der Waals surface area contributed by atoms with E-state index in [2.05, 4.69) is 52.2 Å². The van der Waals surface area contributed by atoms with Crippen molar-refractivity contribution >= 4 is 64.4 Å². The number of allylic oxidation sites excluding steroid dienone is 1.